The van der Waals surface area contributed by atoms with Gasteiger partial charge in [0.1, 0.15) is 6.33 Å². The number of rotatable bonds is 10. The molecule has 0 bridgehead atoms. The van der Waals surface area contributed by atoms with E-state index < -0.39 is 23.6 Å². The Balaban J connectivity index is 0.00000408. The van der Waals surface area contributed by atoms with Gasteiger partial charge in [0.15, 0.2) is 16.7 Å². The number of benzene rings is 2. The molecule has 3 rings (SSSR count). The summed E-state index contributed by atoms with van der Waals surface area (Å²) in [6.07, 6.45) is 1.43. The third kappa shape index (κ3) is 6.77. The number of aromatic nitrogens is 2. The molecule has 0 atom stereocenters. The average molecular weight is 557 g/mol. The number of nitrogens with one attached hydrogen (secondary N) is 1. The number of methoxy groups -OCH3 is 1. The molecule has 1 N–H and O–H groups in total. The van der Waals surface area contributed by atoms with Crippen molar-refractivity contribution in [1.82, 2.24) is 14.0 Å². The molecular formula is C20H22ClFKN3O6PS. The first-order valence-electron chi connectivity index (χ1n) is 9.74. The molecule has 179 valence electrons. The molecule has 0 saturated heterocycles. The van der Waals surface area contributed by atoms with Crippen molar-refractivity contribution in [3.63, 3.8) is 0 Å². The molecule has 14 heteroatoms. The van der Waals surface area contributed by atoms with Gasteiger partial charge in [0, 0.05) is 62.6 Å². The van der Waals surface area contributed by atoms with Crippen LogP contribution in [-0.4, -0.2) is 89.7 Å². The molecule has 0 spiro atoms. The van der Waals surface area contributed by atoms with Crippen LogP contribution in [-0.2, 0) is 23.6 Å². The van der Waals surface area contributed by atoms with Crippen LogP contribution in [0.15, 0.2) is 53.7 Å². The van der Waals surface area contributed by atoms with Crippen LogP contribution in [0.2, 0.25) is 5.15 Å². The molecule has 2 aromatic carbocycles. The van der Waals surface area contributed by atoms with Crippen molar-refractivity contribution in [2.45, 2.75) is 18.7 Å². The minimum absolute atomic E-state index is 0. The summed E-state index contributed by atoms with van der Waals surface area (Å²) in [6.45, 7) is 3.12. The Hall–Kier alpha value is -0.634. The van der Waals surface area contributed by atoms with Gasteiger partial charge in [0.2, 0.25) is 10.0 Å². The molecule has 9 nitrogen and oxygen atoms in total. The molecule has 0 saturated carbocycles. The second kappa shape index (κ2) is 12.6. The zero-order valence-electron chi connectivity index (χ0n) is 19.0. The van der Waals surface area contributed by atoms with Crippen LogP contribution in [0.1, 0.15) is 13.8 Å². The molecule has 1 heterocycles. The van der Waals surface area contributed by atoms with E-state index in [9.17, 15) is 17.4 Å². The number of nitrogens with zero attached hydrogens (tertiary/aromatic N) is 2. The normalized spacial score (nSPS) is 11.8. The molecule has 1 radical (unpaired) electrons. The summed E-state index contributed by atoms with van der Waals surface area (Å²) in [6, 6.07) is 9.99. The van der Waals surface area contributed by atoms with Crippen molar-refractivity contribution >= 4 is 80.8 Å². The average Bonchev–Trinajstić information content (AvgIpc) is 3.15. The summed E-state index contributed by atoms with van der Waals surface area (Å²) in [7, 11) is -6.90. The van der Waals surface area contributed by atoms with Crippen LogP contribution in [0, 0.1) is 5.82 Å². The van der Waals surface area contributed by atoms with Crippen LogP contribution >= 0.6 is 19.3 Å². The van der Waals surface area contributed by atoms with Crippen molar-refractivity contribution in [1.29, 1.82) is 0 Å². The molecule has 34 heavy (non-hydrogen) atoms. The molecule has 0 amide bonds. The largest absolute Gasteiger partial charge is 0.494 e. The topological polar surface area (TPSA) is 109 Å². The minimum atomic E-state index is -4.21. The van der Waals surface area contributed by atoms with Gasteiger partial charge in [-0.25, -0.2) is 22.4 Å². The summed E-state index contributed by atoms with van der Waals surface area (Å²) in [5.74, 6) is -0.487. The third-order valence-electron chi connectivity index (χ3n) is 4.40. The molecule has 0 unspecified atom stereocenters. The fourth-order valence-electron chi connectivity index (χ4n) is 3.01. The number of halogens is 2. The van der Waals surface area contributed by atoms with Gasteiger partial charge in [-0.2, -0.15) is 0 Å². The Labute approximate surface area is 245 Å². The zero-order valence-corrected chi connectivity index (χ0v) is 24.6. The van der Waals surface area contributed by atoms with E-state index in [2.05, 4.69) is 4.98 Å². The zero-order chi connectivity index (χ0) is 24.2. The quantitative estimate of drug-likeness (QED) is 0.291. The summed E-state index contributed by atoms with van der Waals surface area (Å²) in [5, 5.41) is 0.132. The fraction of sp³-hybridized carbons (Fsp3) is 0.250. The Kier molecular flexibility index (Phi) is 10.9. The van der Waals surface area contributed by atoms with Gasteiger partial charge in [-0.3, -0.25) is 13.6 Å². The first-order valence-corrected chi connectivity index (χ1v) is 13.1. The Morgan fingerprint density at radius 3 is 2.26 bits per heavy atom. The number of ether oxygens (including phenoxy) is 1. The summed E-state index contributed by atoms with van der Waals surface area (Å²) >= 11 is 6.24. The van der Waals surface area contributed by atoms with E-state index >= 15 is 0 Å². The van der Waals surface area contributed by atoms with Gasteiger partial charge >= 0.3 is 7.75 Å². The Bertz CT molecular complexity index is 1280. The van der Waals surface area contributed by atoms with Crippen molar-refractivity contribution in [3.8, 4) is 22.7 Å². The maximum Gasteiger partial charge on any atom is 0.419 e. The Morgan fingerprint density at radius 2 is 1.74 bits per heavy atom. The maximum atomic E-state index is 14.2. The van der Waals surface area contributed by atoms with E-state index in [1.165, 1.54) is 49.8 Å². The molecular weight excluding hydrogens is 535 g/mol. The SMILES string of the molecule is CCOP(=O)(NS(=O)(=O)c1ccc(-n2cnc(Cl)c2-c2ccc(OC)c(F)c2)cc1)OCC.[K]. The maximum absolute atomic E-state index is 14.2. The standard InChI is InChI=1S/C20H22ClFN3O6PS.K/c1-4-30-32(26,31-5-2)24-33(27,28)16-9-7-15(8-10-16)25-13-23-20(21)19(25)14-6-11-18(29-3)17(22)12-14;/h6-13H,4-5H2,1-3H3,(H,24,26);. The molecule has 0 aliphatic carbocycles. The molecule has 0 aliphatic heterocycles. The van der Waals surface area contributed by atoms with Gasteiger partial charge in [-0.05, 0) is 56.3 Å². The van der Waals surface area contributed by atoms with Crippen LogP contribution in [0.3, 0.4) is 0 Å². The first kappa shape index (κ1) is 29.6. The van der Waals surface area contributed by atoms with Crippen molar-refractivity contribution < 1.29 is 31.2 Å². The van der Waals surface area contributed by atoms with Crippen molar-refractivity contribution in [2.75, 3.05) is 20.3 Å². The predicted octanol–water partition coefficient (Wildman–Crippen LogP) is 4.42. The first-order chi connectivity index (χ1) is 15.6. The number of imidazole rings is 1. The van der Waals surface area contributed by atoms with E-state index in [1.54, 1.807) is 24.5 Å². The number of hydrogen-bond donors (Lipinski definition) is 1. The number of sulfonamides is 1. The van der Waals surface area contributed by atoms with E-state index in [-0.39, 0.29) is 80.4 Å². The van der Waals surface area contributed by atoms with E-state index in [4.69, 9.17) is 25.4 Å². The molecule has 3 aromatic rings. The van der Waals surface area contributed by atoms with Crippen molar-refractivity contribution in [3.05, 3.63) is 59.8 Å². The van der Waals surface area contributed by atoms with Crippen LogP contribution in [0.5, 0.6) is 5.75 Å². The van der Waals surface area contributed by atoms with Crippen LogP contribution in [0.4, 0.5) is 4.39 Å². The second-order valence-corrected chi connectivity index (χ2v) is 10.6. The molecule has 1 aromatic heterocycles. The Morgan fingerprint density at radius 1 is 1.12 bits per heavy atom. The summed E-state index contributed by atoms with van der Waals surface area (Å²) in [4.78, 5) is 3.92. The van der Waals surface area contributed by atoms with Crippen molar-refractivity contribution in [2.24, 2.45) is 0 Å². The summed E-state index contributed by atoms with van der Waals surface area (Å²) in [5.41, 5.74) is 1.37. The smallest absolute Gasteiger partial charge is 0.419 e. The van der Waals surface area contributed by atoms with E-state index in [0.717, 1.165) is 0 Å². The fourth-order valence-corrected chi connectivity index (χ4v) is 6.52. The van der Waals surface area contributed by atoms with Gasteiger partial charge < -0.3 is 4.74 Å². The third-order valence-corrected chi connectivity index (χ3v) is 8.62. The van der Waals surface area contributed by atoms with E-state index in [1.807, 2.05) is 4.49 Å². The van der Waals surface area contributed by atoms with Gasteiger partial charge in [0.25, 0.3) is 0 Å². The minimum Gasteiger partial charge on any atom is -0.494 e. The summed E-state index contributed by atoms with van der Waals surface area (Å²) < 4.78 is 70.7. The van der Waals surface area contributed by atoms with Gasteiger partial charge in [-0.1, -0.05) is 11.6 Å². The van der Waals surface area contributed by atoms with Crippen LogP contribution in [0.25, 0.3) is 16.9 Å². The van der Waals surface area contributed by atoms with E-state index in [0.29, 0.717) is 16.9 Å². The number of hydrogen-bond acceptors (Lipinski definition) is 7. The monoisotopic (exact) mass is 556 g/mol. The van der Waals surface area contributed by atoms with Gasteiger partial charge in [-0.15, -0.1) is 4.49 Å². The second-order valence-electron chi connectivity index (χ2n) is 6.52. The van der Waals surface area contributed by atoms with Gasteiger partial charge in [0.05, 0.1) is 30.9 Å². The predicted molar refractivity (Wildman–Crippen MR) is 127 cm³/mol. The van der Waals surface area contributed by atoms with Crippen LogP contribution < -0.4 is 9.23 Å². The molecule has 0 aliphatic rings. The molecule has 0 fully saturated rings.